The zero-order chi connectivity index (χ0) is 12.8. The molecule has 1 N–H and O–H groups in total. The number of rotatable bonds is 4. The molecule has 0 bridgehead atoms. The Morgan fingerprint density at radius 2 is 1.88 bits per heavy atom. The maximum absolute atomic E-state index is 11.4. The van der Waals surface area contributed by atoms with Crippen LogP contribution in [-0.2, 0) is 9.53 Å². The summed E-state index contributed by atoms with van der Waals surface area (Å²) in [5.41, 5.74) is 1.28. The highest BCUT2D eigenvalue weighted by Gasteiger charge is 2.06. The van der Waals surface area contributed by atoms with Gasteiger partial charge in [0.1, 0.15) is 0 Å². The van der Waals surface area contributed by atoms with Crippen LogP contribution in [0.25, 0.3) is 0 Å². The van der Waals surface area contributed by atoms with Crippen molar-refractivity contribution in [3.05, 3.63) is 54.6 Å². The van der Waals surface area contributed by atoms with Crippen LogP contribution < -0.4 is 5.32 Å². The third-order valence-electron chi connectivity index (χ3n) is 2.10. The number of methoxy groups -OCH3 is 1. The molecule has 0 atom stereocenters. The van der Waals surface area contributed by atoms with Crippen LogP contribution in [0.5, 0.6) is 0 Å². The van der Waals surface area contributed by atoms with Crippen LogP contribution in [0.3, 0.4) is 0 Å². The molecular weight excluding hydrogens is 218 g/mol. The van der Waals surface area contributed by atoms with Gasteiger partial charge in [-0.3, -0.25) is 4.79 Å². The quantitative estimate of drug-likeness (QED) is 0.490. The molecule has 88 valence electrons. The minimum Gasteiger partial charge on any atom is -0.465 e. The van der Waals surface area contributed by atoms with Gasteiger partial charge in [-0.15, -0.1) is 0 Å². The van der Waals surface area contributed by atoms with E-state index in [-0.39, 0.29) is 11.5 Å². The molecule has 0 saturated heterocycles. The molecule has 4 heteroatoms. The number of amides is 1. The van der Waals surface area contributed by atoms with Gasteiger partial charge in [0.05, 0.1) is 12.7 Å². The van der Waals surface area contributed by atoms with E-state index in [0.29, 0.717) is 11.3 Å². The predicted octanol–water partition coefficient (Wildman–Crippen LogP) is 2.15. The van der Waals surface area contributed by atoms with Gasteiger partial charge in [0.25, 0.3) is 5.91 Å². The zero-order valence-electron chi connectivity index (χ0n) is 9.53. The highest BCUT2D eigenvalue weighted by molar-refractivity contribution is 6.05. The summed E-state index contributed by atoms with van der Waals surface area (Å²) in [5.74, 6) is -0.746. The van der Waals surface area contributed by atoms with Crippen molar-refractivity contribution in [1.29, 1.82) is 0 Å². The molecule has 0 radical (unpaired) electrons. The molecule has 0 aromatic heterocycles. The van der Waals surface area contributed by atoms with E-state index in [1.807, 2.05) is 0 Å². The summed E-state index contributed by atoms with van der Waals surface area (Å²) in [5, 5.41) is 2.61. The molecule has 0 saturated carbocycles. The molecule has 0 spiro atoms. The lowest BCUT2D eigenvalue weighted by Gasteiger charge is -2.05. The third kappa shape index (κ3) is 3.31. The molecule has 17 heavy (non-hydrogen) atoms. The monoisotopic (exact) mass is 231 g/mol. The summed E-state index contributed by atoms with van der Waals surface area (Å²) in [6, 6.07) is 6.36. The standard InChI is InChI=1S/C13H13NO3/c1-4-9(2)12(15)14-11-7-5-10(6-8-11)13(16)17-3/h4-8H,1-2H2,3H3,(H,14,15). The maximum Gasteiger partial charge on any atom is 0.337 e. The number of hydrogen-bond acceptors (Lipinski definition) is 3. The van der Waals surface area contributed by atoms with Crippen molar-refractivity contribution >= 4 is 17.6 Å². The second-order valence-electron chi connectivity index (χ2n) is 3.25. The summed E-state index contributed by atoms with van der Waals surface area (Å²) < 4.78 is 4.56. The molecular formula is C13H13NO3. The van der Waals surface area contributed by atoms with Crippen molar-refractivity contribution in [2.45, 2.75) is 0 Å². The molecule has 0 aliphatic rings. The summed E-state index contributed by atoms with van der Waals surface area (Å²) in [4.78, 5) is 22.6. The molecule has 1 aromatic rings. The Kier molecular flexibility index (Phi) is 4.22. The van der Waals surface area contributed by atoms with Crippen molar-refractivity contribution in [3.8, 4) is 0 Å². The molecule has 1 amide bonds. The van der Waals surface area contributed by atoms with Crippen LogP contribution >= 0.6 is 0 Å². The SMILES string of the molecule is C=CC(=C)C(=O)Nc1ccc(C(=O)OC)cc1. The van der Waals surface area contributed by atoms with E-state index in [2.05, 4.69) is 23.2 Å². The number of esters is 1. The van der Waals surface area contributed by atoms with E-state index < -0.39 is 5.97 Å². The summed E-state index contributed by atoms with van der Waals surface area (Å²) >= 11 is 0. The van der Waals surface area contributed by atoms with E-state index >= 15 is 0 Å². The van der Waals surface area contributed by atoms with Gasteiger partial charge in [-0.25, -0.2) is 4.79 Å². The number of hydrogen-bond donors (Lipinski definition) is 1. The van der Waals surface area contributed by atoms with Crippen LogP contribution in [0.1, 0.15) is 10.4 Å². The Labute approximate surface area is 99.6 Å². The smallest absolute Gasteiger partial charge is 0.337 e. The van der Waals surface area contributed by atoms with Gasteiger partial charge < -0.3 is 10.1 Å². The van der Waals surface area contributed by atoms with Gasteiger partial charge in [-0.05, 0) is 24.3 Å². The molecule has 0 aliphatic heterocycles. The Morgan fingerprint density at radius 1 is 1.29 bits per heavy atom. The Bertz CT molecular complexity index is 460. The average molecular weight is 231 g/mol. The highest BCUT2D eigenvalue weighted by Crippen LogP contribution is 2.11. The number of nitrogens with one attached hydrogen (secondary N) is 1. The molecule has 1 aromatic carbocycles. The van der Waals surface area contributed by atoms with Gasteiger partial charge in [0.15, 0.2) is 0 Å². The van der Waals surface area contributed by atoms with Crippen LogP contribution in [0.15, 0.2) is 49.1 Å². The largest absolute Gasteiger partial charge is 0.465 e. The summed E-state index contributed by atoms with van der Waals surface area (Å²) in [6.45, 7) is 6.97. The van der Waals surface area contributed by atoms with Crippen LogP contribution in [0, 0.1) is 0 Å². The number of carbonyl (C=O) groups is 2. The Balaban J connectivity index is 2.75. The Hall–Kier alpha value is -2.36. The topological polar surface area (TPSA) is 55.4 Å². The van der Waals surface area contributed by atoms with E-state index in [1.165, 1.54) is 13.2 Å². The van der Waals surface area contributed by atoms with Crippen molar-refractivity contribution in [1.82, 2.24) is 0 Å². The fourth-order valence-electron chi connectivity index (χ4n) is 1.11. The van der Waals surface area contributed by atoms with E-state index in [9.17, 15) is 9.59 Å². The first-order valence-electron chi connectivity index (χ1n) is 4.89. The van der Waals surface area contributed by atoms with Crippen molar-refractivity contribution < 1.29 is 14.3 Å². The number of benzene rings is 1. The molecule has 4 nitrogen and oxygen atoms in total. The molecule has 1 rings (SSSR count). The van der Waals surface area contributed by atoms with Gasteiger partial charge >= 0.3 is 5.97 Å². The predicted molar refractivity (Wildman–Crippen MR) is 65.7 cm³/mol. The normalized spacial score (nSPS) is 9.24. The van der Waals surface area contributed by atoms with Crippen molar-refractivity contribution in [3.63, 3.8) is 0 Å². The van der Waals surface area contributed by atoms with Gasteiger partial charge in [-0.2, -0.15) is 0 Å². The van der Waals surface area contributed by atoms with Gasteiger partial charge in [0, 0.05) is 11.3 Å². The second-order valence-corrected chi connectivity index (χ2v) is 3.25. The summed E-state index contributed by atoms with van der Waals surface area (Å²) in [7, 11) is 1.31. The van der Waals surface area contributed by atoms with Crippen molar-refractivity contribution in [2.24, 2.45) is 0 Å². The fraction of sp³-hybridized carbons (Fsp3) is 0.0769. The first-order chi connectivity index (χ1) is 8.08. The lowest BCUT2D eigenvalue weighted by atomic mass is 10.2. The lowest BCUT2D eigenvalue weighted by molar-refractivity contribution is -0.112. The number of anilines is 1. The van der Waals surface area contributed by atoms with Gasteiger partial charge in [0.2, 0.25) is 0 Å². The molecule has 0 heterocycles. The molecule has 0 unspecified atom stereocenters. The molecule has 0 fully saturated rings. The third-order valence-corrected chi connectivity index (χ3v) is 2.10. The number of carbonyl (C=O) groups excluding carboxylic acids is 2. The van der Waals surface area contributed by atoms with E-state index in [4.69, 9.17) is 0 Å². The fourth-order valence-corrected chi connectivity index (χ4v) is 1.11. The highest BCUT2D eigenvalue weighted by atomic mass is 16.5. The van der Waals surface area contributed by atoms with Crippen LogP contribution in [0.4, 0.5) is 5.69 Å². The minimum atomic E-state index is -0.418. The Morgan fingerprint density at radius 3 is 2.35 bits per heavy atom. The lowest BCUT2D eigenvalue weighted by Crippen LogP contribution is -2.12. The van der Waals surface area contributed by atoms with Crippen molar-refractivity contribution in [2.75, 3.05) is 12.4 Å². The zero-order valence-corrected chi connectivity index (χ0v) is 9.53. The number of ether oxygens (including phenoxy) is 1. The minimum absolute atomic E-state index is 0.280. The van der Waals surface area contributed by atoms with E-state index in [1.54, 1.807) is 24.3 Å². The second kappa shape index (κ2) is 5.65. The van der Waals surface area contributed by atoms with Crippen LogP contribution in [-0.4, -0.2) is 19.0 Å². The van der Waals surface area contributed by atoms with Crippen LogP contribution in [0.2, 0.25) is 0 Å². The first-order valence-corrected chi connectivity index (χ1v) is 4.89. The molecule has 0 aliphatic carbocycles. The maximum atomic E-state index is 11.4. The van der Waals surface area contributed by atoms with Gasteiger partial charge in [-0.1, -0.05) is 19.2 Å². The summed E-state index contributed by atoms with van der Waals surface area (Å²) in [6.07, 6.45) is 1.37. The van der Waals surface area contributed by atoms with E-state index in [0.717, 1.165) is 0 Å². The average Bonchev–Trinajstić information content (AvgIpc) is 2.37. The first kappa shape index (κ1) is 12.7.